The van der Waals surface area contributed by atoms with E-state index in [4.69, 9.17) is 44.3 Å². The van der Waals surface area contributed by atoms with E-state index in [-0.39, 0.29) is 15.8 Å². The molecule has 0 unspecified atom stereocenters. The van der Waals surface area contributed by atoms with Crippen molar-refractivity contribution in [2.75, 3.05) is 11.9 Å². The lowest BCUT2D eigenvalue weighted by Gasteiger charge is -2.14. The van der Waals surface area contributed by atoms with Gasteiger partial charge in [-0.1, -0.05) is 53.0 Å². The van der Waals surface area contributed by atoms with Crippen LogP contribution >= 0.6 is 34.8 Å². The van der Waals surface area contributed by atoms with Gasteiger partial charge in [-0.15, -0.1) is 0 Å². The second kappa shape index (κ2) is 9.97. The Hall–Kier alpha value is -2.27. The molecule has 0 aliphatic heterocycles. The van der Waals surface area contributed by atoms with Gasteiger partial charge in [0, 0.05) is 17.3 Å². The average molecular weight is 453 g/mol. The molecule has 0 aliphatic carbocycles. The Bertz CT molecular complexity index is 972. The Morgan fingerprint density at radius 2 is 1.62 bits per heavy atom. The normalized spacial score (nSPS) is 10.6. The molecular formula is C22H20Cl3NO3. The van der Waals surface area contributed by atoms with E-state index in [1.807, 2.05) is 49.4 Å². The summed E-state index contributed by atoms with van der Waals surface area (Å²) in [6.07, 6.45) is 0. The van der Waals surface area contributed by atoms with Crippen LogP contribution < -0.4 is 14.8 Å². The minimum atomic E-state index is -0.126. The van der Waals surface area contributed by atoms with E-state index in [0.717, 1.165) is 11.1 Å². The standard InChI is InChI=1S/C22H20Cl3NO3/c1-2-28-21-9-14(12-26-17-10-18(24)22(27)19(25)11-17)6-7-20(21)29-13-15-4-3-5-16(23)8-15/h3-11,26-27H,2,12-13H2,1H3. The Morgan fingerprint density at radius 1 is 0.862 bits per heavy atom. The number of halogens is 3. The summed E-state index contributed by atoms with van der Waals surface area (Å²) < 4.78 is 11.7. The fourth-order valence-corrected chi connectivity index (χ4v) is 3.41. The summed E-state index contributed by atoms with van der Waals surface area (Å²) in [5.74, 6) is 1.20. The van der Waals surface area contributed by atoms with E-state index in [0.29, 0.717) is 42.0 Å². The number of anilines is 1. The largest absolute Gasteiger partial charge is 0.505 e. The first-order valence-electron chi connectivity index (χ1n) is 9.01. The number of phenols is 1. The van der Waals surface area contributed by atoms with Crippen molar-refractivity contribution in [2.45, 2.75) is 20.1 Å². The third-order valence-corrected chi connectivity index (χ3v) is 4.92. The fourth-order valence-electron chi connectivity index (χ4n) is 2.71. The van der Waals surface area contributed by atoms with Crippen LogP contribution in [0.3, 0.4) is 0 Å². The monoisotopic (exact) mass is 451 g/mol. The molecule has 0 saturated carbocycles. The van der Waals surface area contributed by atoms with Crippen LogP contribution in [0.4, 0.5) is 5.69 Å². The molecule has 0 aromatic heterocycles. The van der Waals surface area contributed by atoms with Crippen molar-refractivity contribution >= 4 is 40.5 Å². The van der Waals surface area contributed by atoms with Crippen molar-refractivity contribution in [2.24, 2.45) is 0 Å². The zero-order chi connectivity index (χ0) is 20.8. The summed E-state index contributed by atoms with van der Waals surface area (Å²) in [6.45, 7) is 3.36. The van der Waals surface area contributed by atoms with Crippen LogP contribution in [0.15, 0.2) is 54.6 Å². The molecule has 0 aliphatic rings. The summed E-state index contributed by atoms with van der Waals surface area (Å²) in [5.41, 5.74) is 2.67. The number of rotatable bonds is 8. The first-order valence-corrected chi connectivity index (χ1v) is 10.1. The first-order chi connectivity index (χ1) is 14.0. The van der Waals surface area contributed by atoms with Gasteiger partial charge in [0.2, 0.25) is 0 Å². The van der Waals surface area contributed by atoms with Crippen molar-refractivity contribution in [3.63, 3.8) is 0 Å². The maximum atomic E-state index is 9.66. The van der Waals surface area contributed by atoms with Gasteiger partial charge < -0.3 is 19.9 Å². The topological polar surface area (TPSA) is 50.7 Å². The van der Waals surface area contributed by atoms with E-state index in [9.17, 15) is 5.11 Å². The summed E-state index contributed by atoms with van der Waals surface area (Å²) in [7, 11) is 0. The zero-order valence-corrected chi connectivity index (χ0v) is 18.0. The number of benzene rings is 3. The molecule has 3 aromatic carbocycles. The van der Waals surface area contributed by atoms with Crippen LogP contribution in [0.2, 0.25) is 15.1 Å². The van der Waals surface area contributed by atoms with Gasteiger partial charge in [-0.05, 0) is 54.4 Å². The van der Waals surface area contributed by atoms with Crippen LogP contribution in [0.1, 0.15) is 18.1 Å². The fraction of sp³-hybridized carbons (Fsp3) is 0.182. The van der Waals surface area contributed by atoms with Crippen LogP contribution in [-0.2, 0) is 13.2 Å². The Morgan fingerprint density at radius 3 is 2.31 bits per heavy atom. The molecule has 0 fully saturated rings. The predicted octanol–water partition coefficient (Wildman–Crippen LogP) is 6.94. The number of hydrogen-bond acceptors (Lipinski definition) is 4. The van der Waals surface area contributed by atoms with Crippen LogP contribution in [0.5, 0.6) is 17.2 Å². The molecule has 0 atom stereocenters. The van der Waals surface area contributed by atoms with Crippen LogP contribution in [0, 0.1) is 0 Å². The first kappa shape index (κ1) is 21.4. The van der Waals surface area contributed by atoms with Gasteiger partial charge in [-0.25, -0.2) is 0 Å². The molecule has 0 spiro atoms. The van der Waals surface area contributed by atoms with Gasteiger partial charge in [-0.2, -0.15) is 0 Å². The molecule has 7 heteroatoms. The van der Waals surface area contributed by atoms with Gasteiger partial charge in [0.1, 0.15) is 6.61 Å². The number of phenolic OH excluding ortho intramolecular Hbond substituents is 1. The van der Waals surface area contributed by atoms with E-state index >= 15 is 0 Å². The van der Waals surface area contributed by atoms with Gasteiger partial charge in [-0.3, -0.25) is 0 Å². The molecule has 3 rings (SSSR count). The molecule has 3 aromatic rings. The Labute approximate surface area is 184 Å². The zero-order valence-electron chi connectivity index (χ0n) is 15.7. The highest BCUT2D eigenvalue weighted by atomic mass is 35.5. The smallest absolute Gasteiger partial charge is 0.161 e. The van der Waals surface area contributed by atoms with Crippen LogP contribution in [0.25, 0.3) is 0 Å². The van der Waals surface area contributed by atoms with Gasteiger partial charge in [0.15, 0.2) is 17.2 Å². The molecule has 29 heavy (non-hydrogen) atoms. The third-order valence-electron chi connectivity index (χ3n) is 4.10. The van der Waals surface area contributed by atoms with Gasteiger partial charge >= 0.3 is 0 Å². The second-order valence-electron chi connectivity index (χ2n) is 6.27. The highest BCUT2D eigenvalue weighted by molar-refractivity contribution is 6.37. The maximum absolute atomic E-state index is 9.66. The highest BCUT2D eigenvalue weighted by Gasteiger charge is 2.09. The lowest BCUT2D eigenvalue weighted by molar-refractivity contribution is 0.269. The van der Waals surface area contributed by atoms with Crippen molar-refractivity contribution in [3.8, 4) is 17.2 Å². The lowest BCUT2D eigenvalue weighted by atomic mass is 10.2. The molecule has 0 heterocycles. The van der Waals surface area contributed by atoms with Gasteiger partial charge in [0.05, 0.1) is 16.7 Å². The Kier molecular flexibility index (Phi) is 7.37. The van der Waals surface area contributed by atoms with E-state index < -0.39 is 0 Å². The van der Waals surface area contributed by atoms with Crippen molar-refractivity contribution in [3.05, 3.63) is 80.8 Å². The molecule has 152 valence electrons. The minimum Gasteiger partial charge on any atom is -0.505 e. The third kappa shape index (κ3) is 5.86. The predicted molar refractivity (Wildman–Crippen MR) is 119 cm³/mol. The molecular weight excluding hydrogens is 433 g/mol. The van der Waals surface area contributed by atoms with E-state index in [2.05, 4.69) is 5.32 Å². The average Bonchev–Trinajstić information content (AvgIpc) is 2.70. The molecule has 0 bridgehead atoms. The molecule has 0 radical (unpaired) electrons. The molecule has 0 saturated heterocycles. The van der Waals surface area contributed by atoms with E-state index in [1.54, 1.807) is 12.1 Å². The summed E-state index contributed by atoms with van der Waals surface area (Å²) >= 11 is 18.0. The quantitative estimate of drug-likeness (QED) is 0.363. The van der Waals surface area contributed by atoms with Crippen LogP contribution in [-0.4, -0.2) is 11.7 Å². The lowest BCUT2D eigenvalue weighted by Crippen LogP contribution is -2.03. The number of nitrogens with one attached hydrogen (secondary N) is 1. The highest BCUT2D eigenvalue weighted by Crippen LogP contribution is 2.35. The second-order valence-corrected chi connectivity index (χ2v) is 7.53. The van der Waals surface area contributed by atoms with Gasteiger partial charge in [0.25, 0.3) is 0 Å². The summed E-state index contributed by atoms with van der Waals surface area (Å²) in [6, 6.07) is 16.5. The minimum absolute atomic E-state index is 0.126. The van der Waals surface area contributed by atoms with Crippen molar-refractivity contribution in [1.29, 1.82) is 0 Å². The molecule has 2 N–H and O–H groups in total. The summed E-state index contributed by atoms with van der Waals surface area (Å²) in [5, 5.41) is 14.0. The number of ether oxygens (including phenoxy) is 2. The number of hydrogen-bond donors (Lipinski definition) is 2. The Balaban J connectivity index is 1.70. The molecule has 0 amide bonds. The van der Waals surface area contributed by atoms with Crippen molar-refractivity contribution in [1.82, 2.24) is 0 Å². The maximum Gasteiger partial charge on any atom is 0.161 e. The van der Waals surface area contributed by atoms with E-state index in [1.165, 1.54) is 0 Å². The SMILES string of the molecule is CCOc1cc(CNc2cc(Cl)c(O)c(Cl)c2)ccc1OCc1cccc(Cl)c1. The summed E-state index contributed by atoms with van der Waals surface area (Å²) in [4.78, 5) is 0. The number of aromatic hydroxyl groups is 1. The van der Waals surface area contributed by atoms with Crippen molar-refractivity contribution < 1.29 is 14.6 Å². The molecule has 4 nitrogen and oxygen atoms in total.